The molecule has 6 aromatic rings. The lowest BCUT2D eigenvalue weighted by atomic mass is 9.99. The number of hydrogen-bond acceptors (Lipinski definition) is 3. The normalized spacial score (nSPS) is 11.9. The molecule has 0 aliphatic heterocycles. The topological polar surface area (TPSA) is 84.2 Å². The molecule has 2 heterocycles. The highest BCUT2D eigenvalue weighted by atomic mass is 16.4. The minimum atomic E-state index is -0.980. The third-order valence-corrected chi connectivity index (χ3v) is 7.24. The number of benzene rings is 4. The van der Waals surface area contributed by atoms with Crippen LogP contribution in [0.15, 0.2) is 116 Å². The summed E-state index contributed by atoms with van der Waals surface area (Å²) in [6, 6.07) is 32.6. The fourth-order valence-corrected chi connectivity index (χ4v) is 5.13. The lowest BCUT2D eigenvalue weighted by Crippen LogP contribution is -2.27. The summed E-state index contributed by atoms with van der Waals surface area (Å²) < 4.78 is 2.11. The molecule has 0 fully saturated rings. The Bertz CT molecular complexity index is 1860. The number of amides is 1. The van der Waals surface area contributed by atoms with E-state index in [9.17, 15) is 14.7 Å². The Morgan fingerprint density at radius 2 is 1.65 bits per heavy atom. The van der Waals surface area contributed by atoms with E-state index < -0.39 is 5.97 Å². The van der Waals surface area contributed by atoms with Gasteiger partial charge in [0.15, 0.2) is 0 Å². The van der Waals surface area contributed by atoms with Crippen LogP contribution in [0.3, 0.4) is 0 Å². The number of aromatic nitrogens is 2. The number of carboxylic acids is 1. The summed E-state index contributed by atoms with van der Waals surface area (Å²) in [6.07, 6.45) is 3.81. The van der Waals surface area contributed by atoms with Gasteiger partial charge in [-0.2, -0.15) is 0 Å². The third kappa shape index (κ3) is 4.95. The first-order chi connectivity index (χ1) is 19.5. The first-order valence-electron chi connectivity index (χ1n) is 13.1. The molecule has 0 saturated carbocycles. The molecule has 6 nitrogen and oxygen atoms in total. The van der Waals surface area contributed by atoms with Gasteiger partial charge in [0.1, 0.15) is 0 Å². The molecule has 40 heavy (non-hydrogen) atoms. The molecule has 6 rings (SSSR count). The number of carbonyl (C=O) groups is 2. The van der Waals surface area contributed by atoms with Gasteiger partial charge < -0.3 is 15.0 Å². The van der Waals surface area contributed by atoms with Crippen molar-refractivity contribution in [3.8, 4) is 11.1 Å². The maximum absolute atomic E-state index is 13.8. The standard InChI is InChI=1S/C34H27N3O3/c1-22(24-11-13-27(14-12-24)34(39)40)36-33(38)30-20-29(25-6-3-2-4-7-25)19-28-15-17-37(32(28)30)21-23-9-10-26-8-5-16-35-31(26)18-23/h2-20,22H,21H2,1H3,(H,36,38)(H,39,40)/t22-/m0/s1. The zero-order chi connectivity index (χ0) is 27.6. The Morgan fingerprint density at radius 3 is 2.42 bits per heavy atom. The van der Waals surface area contributed by atoms with Crippen molar-refractivity contribution in [3.05, 3.63) is 138 Å². The van der Waals surface area contributed by atoms with Gasteiger partial charge in [-0.05, 0) is 71.6 Å². The number of aromatic carboxylic acids is 1. The molecule has 0 aliphatic rings. The molecule has 0 spiro atoms. The summed E-state index contributed by atoms with van der Waals surface area (Å²) in [5, 5.41) is 14.4. The second kappa shape index (κ2) is 10.5. The van der Waals surface area contributed by atoms with Crippen LogP contribution in [0.4, 0.5) is 0 Å². The van der Waals surface area contributed by atoms with E-state index in [0.29, 0.717) is 12.1 Å². The van der Waals surface area contributed by atoms with Gasteiger partial charge in [-0.25, -0.2) is 4.79 Å². The average Bonchev–Trinajstić information content (AvgIpc) is 3.39. The molecule has 2 aromatic heterocycles. The van der Waals surface area contributed by atoms with Gasteiger partial charge in [0, 0.05) is 29.7 Å². The number of pyridine rings is 1. The first-order valence-corrected chi connectivity index (χ1v) is 13.1. The van der Waals surface area contributed by atoms with Gasteiger partial charge in [-0.1, -0.05) is 60.7 Å². The molecule has 2 N–H and O–H groups in total. The molecule has 4 aromatic carbocycles. The first kappa shape index (κ1) is 25.1. The molecule has 0 unspecified atom stereocenters. The second-order valence-electron chi connectivity index (χ2n) is 9.92. The number of carbonyl (C=O) groups excluding carboxylic acids is 1. The lowest BCUT2D eigenvalue weighted by molar-refractivity contribution is 0.0696. The van der Waals surface area contributed by atoms with Crippen molar-refractivity contribution in [3.63, 3.8) is 0 Å². The number of rotatable bonds is 7. The van der Waals surface area contributed by atoms with Crippen LogP contribution in [0.2, 0.25) is 0 Å². The van der Waals surface area contributed by atoms with Crippen LogP contribution in [0, 0.1) is 0 Å². The van der Waals surface area contributed by atoms with Crippen molar-refractivity contribution in [1.29, 1.82) is 0 Å². The van der Waals surface area contributed by atoms with Gasteiger partial charge in [0.25, 0.3) is 5.91 Å². The Kier molecular flexibility index (Phi) is 6.58. The van der Waals surface area contributed by atoms with E-state index >= 15 is 0 Å². The minimum absolute atomic E-state index is 0.197. The van der Waals surface area contributed by atoms with Crippen molar-refractivity contribution in [2.75, 3.05) is 0 Å². The fourth-order valence-electron chi connectivity index (χ4n) is 5.13. The Morgan fingerprint density at radius 1 is 0.850 bits per heavy atom. The quantitative estimate of drug-likeness (QED) is 0.233. The molecule has 0 bridgehead atoms. The third-order valence-electron chi connectivity index (χ3n) is 7.24. The highest BCUT2D eigenvalue weighted by Crippen LogP contribution is 2.30. The Balaban J connectivity index is 1.39. The summed E-state index contributed by atoms with van der Waals surface area (Å²) in [6.45, 7) is 2.49. The summed E-state index contributed by atoms with van der Waals surface area (Å²) in [5.74, 6) is -1.18. The molecule has 6 heteroatoms. The minimum Gasteiger partial charge on any atom is -0.478 e. The van der Waals surface area contributed by atoms with Crippen molar-refractivity contribution >= 4 is 33.7 Å². The molecule has 0 saturated heterocycles. The van der Waals surface area contributed by atoms with Gasteiger partial charge in [0.2, 0.25) is 0 Å². The van der Waals surface area contributed by atoms with Gasteiger partial charge in [0.05, 0.1) is 28.2 Å². The number of nitrogens with one attached hydrogen (secondary N) is 1. The van der Waals surface area contributed by atoms with Crippen LogP contribution >= 0.6 is 0 Å². The number of carboxylic acid groups (broad SMARTS) is 1. The summed E-state index contributed by atoms with van der Waals surface area (Å²) in [7, 11) is 0. The Hall–Kier alpha value is -5.23. The maximum Gasteiger partial charge on any atom is 0.335 e. The van der Waals surface area contributed by atoms with Gasteiger partial charge in [-0.3, -0.25) is 9.78 Å². The van der Waals surface area contributed by atoms with E-state index in [2.05, 4.69) is 39.1 Å². The van der Waals surface area contributed by atoms with Crippen LogP contribution in [0.1, 0.15) is 44.8 Å². The summed E-state index contributed by atoms with van der Waals surface area (Å²) in [4.78, 5) is 29.6. The molecular formula is C34H27N3O3. The predicted octanol–water partition coefficient (Wildman–Crippen LogP) is 7.09. The fraction of sp³-hybridized carbons (Fsp3) is 0.0882. The number of fused-ring (bicyclic) bond motifs is 2. The number of nitrogens with zero attached hydrogens (tertiary/aromatic N) is 2. The molecule has 196 valence electrons. The molecule has 0 radical (unpaired) electrons. The van der Waals surface area contributed by atoms with Crippen molar-refractivity contribution in [2.45, 2.75) is 19.5 Å². The summed E-state index contributed by atoms with van der Waals surface area (Å²) in [5.41, 5.74) is 6.49. The average molecular weight is 526 g/mol. The maximum atomic E-state index is 13.8. The van der Waals surface area contributed by atoms with Gasteiger partial charge in [-0.15, -0.1) is 0 Å². The van der Waals surface area contributed by atoms with Crippen molar-refractivity contribution in [1.82, 2.24) is 14.9 Å². The molecule has 1 atom stereocenters. The van der Waals surface area contributed by atoms with Crippen molar-refractivity contribution in [2.24, 2.45) is 0 Å². The smallest absolute Gasteiger partial charge is 0.335 e. The van der Waals surface area contributed by atoms with E-state index in [1.807, 2.05) is 67.7 Å². The van der Waals surface area contributed by atoms with Crippen molar-refractivity contribution < 1.29 is 14.7 Å². The van der Waals surface area contributed by atoms with Crippen LogP contribution in [0.5, 0.6) is 0 Å². The molecular weight excluding hydrogens is 498 g/mol. The van der Waals surface area contributed by atoms with Gasteiger partial charge >= 0.3 is 5.97 Å². The monoisotopic (exact) mass is 525 g/mol. The lowest BCUT2D eigenvalue weighted by Gasteiger charge is -2.17. The zero-order valence-corrected chi connectivity index (χ0v) is 21.9. The van der Waals surface area contributed by atoms with E-state index in [1.54, 1.807) is 30.5 Å². The van der Waals surface area contributed by atoms with E-state index in [-0.39, 0.29) is 17.5 Å². The zero-order valence-electron chi connectivity index (χ0n) is 21.9. The summed E-state index contributed by atoms with van der Waals surface area (Å²) >= 11 is 0. The van der Waals surface area contributed by atoms with Crippen LogP contribution in [-0.2, 0) is 6.54 Å². The van der Waals surface area contributed by atoms with Crippen LogP contribution in [0.25, 0.3) is 32.9 Å². The van der Waals surface area contributed by atoms with Crippen LogP contribution in [-0.4, -0.2) is 26.5 Å². The largest absolute Gasteiger partial charge is 0.478 e. The predicted molar refractivity (Wildman–Crippen MR) is 158 cm³/mol. The molecule has 1 amide bonds. The SMILES string of the molecule is C[C@H](NC(=O)c1cc(-c2ccccc2)cc2ccn(Cc3ccc4cccnc4c3)c12)c1ccc(C(=O)O)cc1. The Labute approximate surface area is 231 Å². The van der Waals surface area contributed by atoms with E-state index in [1.165, 1.54) is 0 Å². The second-order valence-corrected chi connectivity index (χ2v) is 9.92. The number of hydrogen-bond donors (Lipinski definition) is 2. The molecule has 0 aliphatic carbocycles. The van der Waals surface area contributed by atoms with Crippen LogP contribution < -0.4 is 5.32 Å². The highest BCUT2D eigenvalue weighted by molar-refractivity contribution is 6.08. The van der Waals surface area contributed by atoms with E-state index in [4.69, 9.17) is 0 Å². The van der Waals surface area contributed by atoms with E-state index in [0.717, 1.165) is 44.1 Å². The highest BCUT2D eigenvalue weighted by Gasteiger charge is 2.19.